The molecule has 0 bridgehead atoms. The minimum atomic E-state index is -0.309. The molecule has 3 nitrogen and oxygen atoms in total. The molecule has 1 unspecified atom stereocenters. The first kappa shape index (κ1) is 15.7. The van der Waals surface area contributed by atoms with Crippen molar-refractivity contribution in [2.45, 2.75) is 19.4 Å². The molecule has 0 aromatic heterocycles. The van der Waals surface area contributed by atoms with Crippen LogP contribution in [0.5, 0.6) is 0 Å². The van der Waals surface area contributed by atoms with Crippen LogP contribution < -0.4 is 0 Å². The van der Waals surface area contributed by atoms with E-state index >= 15 is 0 Å². The van der Waals surface area contributed by atoms with Crippen LogP contribution >= 0.6 is 0 Å². The van der Waals surface area contributed by atoms with Gasteiger partial charge in [-0.25, -0.2) is 9.38 Å². The number of nitrogens with zero attached hydrogens (tertiary/aromatic N) is 2. The topological polar surface area (TPSA) is 24.8 Å². The SMILES string of the molecule is CCN(C)C=Nc1cc2c(cc1F)C(c1ccccc1)OCC2. The van der Waals surface area contributed by atoms with Gasteiger partial charge in [0, 0.05) is 13.6 Å². The van der Waals surface area contributed by atoms with E-state index in [-0.39, 0.29) is 11.9 Å². The largest absolute Gasteiger partial charge is 0.368 e. The van der Waals surface area contributed by atoms with Crippen molar-refractivity contribution in [1.29, 1.82) is 0 Å². The number of rotatable bonds is 4. The molecular weight excluding hydrogens is 291 g/mol. The molecule has 4 heteroatoms. The van der Waals surface area contributed by atoms with Crippen molar-refractivity contribution in [2.75, 3.05) is 20.2 Å². The minimum Gasteiger partial charge on any atom is -0.368 e. The van der Waals surface area contributed by atoms with Crippen LogP contribution in [0.4, 0.5) is 10.1 Å². The van der Waals surface area contributed by atoms with E-state index in [1.54, 1.807) is 12.4 Å². The normalized spacial score (nSPS) is 17.3. The van der Waals surface area contributed by atoms with Crippen molar-refractivity contribution in [3.8, 4) is 0 Å². The van der Waals surface area contributed by atoms with Crippen LogP contribution in [0.1, 0.15) is 29.7 Å². The maximum atomic E-state index is 14.4. The number of ether oxygens (including phenoxy) is 1. The molecule has 1 aliphatic rings. The number of aliphatic imine (C=N–C) groups is 1. The summed E-state index contributed by atoms with van der Waals surface area (Å²) in [6, 6.07) is 13.4. The van der Waals surface area contributed by atoms with Crippen LogP contribution in [0, 0.1) is 5.82 Å². The van der Waals surface area contributed by atoms with E-state index in [0.29, 0.717) is 12.3 Å². The molecule has 23 heavy (non-hydrogen) atoms. The van der Waals surface area contributed by atoms with Crippen molar-refractivity contribution in [3.63, 3.8) is 0 Å². The Bertz CT molecular complexity index is 700. The first-order valence-corrected chi connectivity index (χ1v) is 7.92. The zero-order chi connectivity index (χ0) is 16.2. The first-order chi connectivity index (χ1) is 11.2. The summed E-state index contributed by atoms with van der Waals surface area (Å²) < 4.78 is 20.3. The Hall–Kier alpha value is -2.20. The summed E-state index contributed by atoms with van der Waals surface area (Å²) in [6.45, 7) is 3.49. The third-order valence-electron chi connectivity index (χ3n) is 4.14. The van der Waals surface area contributed by atoms with Gasteiger partial charge in [0.05, 0.1) is 12.9 Å². The van der Waals surface area contributed by atoms with Gasteiger partial charge in [-0.2, -0.15) is 0 Å². The molecule has 0 amide bonds. The summed E-state index contributed by atoms with van der Waals surface area (Å²) in [5.74, 6) is -0.309. The second kappa shape index (κ2) is 6.92. The van der Waals surface area contributed by atoms with Gasteiger partial charge in [-0.15, -0.1) is 0 Å². The molecule has 2 aromatic rings. The minimum absolute atomic E-state index is 0.203. The lowest BCUT2D eigenvalue weighted by atomic mass is 9.92. The van der Waals surface area contributed by atoms with E-state index in [1.807, 2.05) is 55.3 Å². The monoisotopic (exact) mass is 312 g/mol. The van der Waals surface area contributed by atoms with E-state index in [1.165, 1.54) is 0 Å². The predicted octanol–water partition coefficient (Wildman–Crippen LogP) is 4.10. The highest BCUT2D eigenvalue weighted by atomic mass is 19.1. The number of benzene rings is 2. The highest BCUT2D eigenvalue weighted by Gasteiger charge is 2.24. The highest BCUT2D eigenvalue weighted by molar-refractivity contribution is 5.62. The van der Waals surface area contributed by atoms with Gasteiger partial charge in [0.25, 0.3) is 0 Å². The molecule has 0 spiro atoms. The van der Waals surface area contributed by atoms with E-state index in [9.17, 15) is 4.39 Å². The molecule has 2 aromatic carbocycles. The quantitative estimate of drug-likeness (QED) is 0.627. The number of fused-ring (bicyclic) bond motifs is 1. The Labute approximate surface area is 136 Å². The second-order valence-electron chi connectivity index (χ2n) is 5.73. The van der Waals surface area contributed by atoms with E-state index < -0.39 is 0 Å². The van der Waals surface area contributed by atoms with Crippen molar-refractivity contribution in [3.05, 3.63) is 65.0 Å². The molecular formula is C19H21FN2O. The lowest BCUT2D eigenvalue weighted by Crippen LogP contribution is -2.18. The van der Waals surface area contributed by atoms with Gasteiger partial charge < -0.3 is 9.64 Å². The maximum Gasteiger partial charge on any atom is 0.149 e. The van der Waals surface area contributed by atoms with Crippen LogP contribution in [0.3, 0.4) is 0 Å². The zero-order valence-corrected chi connectivity index (χ0v) is 13.5. The van der Waals surface area contributed by atoms with E-state index in [2.05, 4.69) is 4.99 Å². The second-order valence-corrected chi connectivity index (χ2v) is 5.73. The Morgan fingerprint density at radius 1 is 1.30 bits per heavy atom. The third kappa shape index (κ3) is 3.42. The van der Waals surface area contributed by atoms with Gasteiger partial charge in [0.15, 0.2) is 0 Å². The van der Waals surface area contributed by atoms with Crippen LogP contribution in [-0.2, 0) is 11.2 Å². The predicted molar refractivity (Wildman–Crippen MR) is 90.8 cm³/mol. The number of halogens is 1. The van der Waals surface area contributed by atoms with Crippen LogP contribution in [0.15, 0.2) is 47.5 Å². The molecule has 1 heterocycles. The molecule has 0 saturated carbocycles. The van der Waals surface area contributed by atoms with Gasteiger partial charge in [-0.1, -0.05) is 30.3 Å². The summed E-state index contributed by atoms with van der Waals surface area (Å²) in [4.78, 5) is 6.18. The lowest BCUT2D eigenvalue weighted by molar-refractivity contribution is 0.0696. The summed E-state index contributed by atoms with van der Waals surface area (Å²) in [5, 5.41) is 0. The fourth-order valence-corrected chi connectivity index (χ4v) is 2.70. The maximum absolute atomic E-state index is 14.4. The van der Waals surface area contributed by atoms with Crippen LogP contribution in [-0.4, -0.2) is 31.4 Å². The number of hydrogen-bond donors (Lipinski definition) is 0. The molecule has 0 aliphatic carbocycles. The average molecular weight is 312 g/mol. The zero-order valence-electron chi connectivity index (χ0n) is 13.5. The Balaban J connectivity index is 1.96. The molecule has 120 valence electrons. The van der Waals surface area contributed by atoms with Gasteiger partial charge >= 0.3 is 0 Å². The summed E-state index contributed by atoms with van der Waals surface area (Å²) in [6.07, 6.45) is 2.25. The molecule has 0 radical (unpaired) electrons. The molecule has 1 atom stereocenters. The molecule has 1 aliphatic heterocycles. The molecule has 0 saturated heterocycles. The van der Waals surface area contributed by atoms with Crippen LogP contribution in [0.25, 0.3) is 0 Å². The summed E-state index contributed by atoms with van der Waals surface area (Å²) in [5.41, 5.74) is 3.45. The first-order valence-electron chi connectivity index (χ1n) is 7.92. The number of hydrogen-bond acceptors (Lipinski definition) is 2. The summed E-state index contributed by atoms with van der Waals surface area (Å²) in [7, 11) is 1.92. The van der Waals surface area contributed by atoms with Gasteiger partial charge in [-0.05, 0) is 42.2 Å². The van der Waals surface area contributed by atoms with E-state index in [0.717, 1.165) is 29.7 Å². The van der Waals surface area contributed by atoms with E-state index in [4.69, 9.17) is 4.74 Å². The highest BCUT2D eigenvalue weighted by Crippen LogP contribution is 2.35. The molecule has 0 fully saturated rings. The van der Waals surface area contributed by atoms with Crippen molar-refractivity contribution >= 4 is 12.0 Å². The standard InChI is InChI=1S/C19H21FN2O/c1-3-22(2)13-21-18-11-15-9-10-23-19(16(15)12-17(18)20)14-7-5-4-6-8-14/h4-8,11-13,19H,3,9-10H2,1-2H3. The van der Waals surface area contributed by atoms with Crippen molar-refractivity contribution in [2.24, 2.45) is 4.99 Å². The Morgan fingerprint density at radius 2 is 2.09 bits per heavy atom. The third-order valence-corrected chi connectivity index (χ3v) is 4.14. The molecule has 3 rings (SSSR count). The van der Waals surface area contributed by atoms with Crippen LogP contribution in [0.2, 0.25) is 0 Å². The van der Waals surface area contributed by atoms with Crippen molar-refractivity contribution < 1.29 is 9.13 Å². The van der Waals surface area contributed by atoms with Gasteiger partial charge in [0.2, 0.25) is 0 Å². The fourth-order valence-electron chi connectivity index (χ4n) is 2.70. The Kier molecular flexibility index (Phi) is 4.72. The smallest absolute Gasteiger partial charge is 0.149 e. The molecule has 0 N–H and O–H groups in total. The van der Waals surface area contributed by atoms with Crippen molar-refractivity contribution in [1.82, 2.24) is 4.90 Å². The fraction of sp³-hybridized carbons (Fsp3) is 0.316. The Morgan fingerprint density at radius 3 is 2.83 bits per heavy atom. The average Bonchev–Trinajstić information content (AvgIpc) is 2.60. The van der Waals surface area contributed by atoms with Gasteiger partial charge in [-0.3, -0.25) is 0 Å². The summed E-state index contributed by atoms with van der Waals surface area (Å²) >= 11 is 0. The lowest BCUT2D eigenvalue weighted by Gasteiger charge is -2.27. The van der Waals surface area contributed by atoms with Gasteiger partial charge in [0.1, 0.15) is 17.6 Å².